The van der Waals surface area contributed by atoms with Crippen molar-refractivity contribution < 1.29 is 9.90 Å². The average molecular weight is 173 g/mol. The highest BCUT2D eigenvalue weighted by atomic mass is 16.3. The van der Waals surface area contributed by atoms with Crippen molar-refractivity contribution in [3.8, 4) is 0 Å². The first kappa shape index (κ1) is 11.6. The van der Waals surface area contributed by atoms with E-state index in [0.29, 0.717) is 13.1 Å². The van der Waals surface area contributed by atoms with Gasteiger partial charge in [-0.2, -0.15) is 0 Å². The van der Waals surface area contributed by atoms with Crippen molar-refractivity contribution in [2.24, 2.45) is 5.92 Å². The molecule has 12 heavy (non-hydrogen) atoms. The number of nitrogens with one attached hydrogen (secondary N) is 1. The van der Waals surface area contributed by atoms with Gasteiger partial charge in [0.1, 0.15) is 5.78 Å². The minimum atomic E-state index is -0.677. The van der Waals surface area contributed by atoms with E-state index in [0.717, 1.165) is 0 Å². The molecule has 3 nitrogen and oxygen atoms in total. The Morgan fingerprint density at radius 2 is 2.08 bits per heavy atom. The molecule has 0 aromatic carbocycles. The minimum absolute atomic E-state index is 0.123. The van der Waals surface area contributed by atoms with Gasteiger partial charge in [-0.25, -0.2) is 0 Å². The second-order valence-corrected chi connectivity index (χ2v) is 3.89. The largest absolute Gasteiger partial charge is 0.390 e. The number of hydrogen-bond acceptors (Lipinski definition) is 3. The molecule has 2 N–H and O–H groups in total. The van der Waals surface area contributed by atoms with Gasteiger partial charge in [-0.15, -0.1) is 0 Å². The zero-order valence-corrected chi connectivity index (χ0v) is 8.35. The lowest BCUT2D eigenvalue weighted by atomic mass is 9.93. The number of aliphatic hydroxyl groups is 1. The van der Waals surface area contributed by atoms with Gasteiger partial charge < -0.3 is 10.4 Å². The van der Waals surface area contributed by atoms with E-state index in [2.05, 4.69) is 5.32 Å². The molecule has 3 heteroatoms. The Kier molecular flexibility index (Phi) is 4.42. The highest BCUT2D eigenvalue weighted by Crippen LogP contribution is 2.13. The van der Waals surface area contributed by atoms with E-state index in [9.17, 15) is 9.90 Å². The third-order valence-corrected chi connectivity index (χ3v) is 2.03. The highest BCUT2D eigenvalue weighted by molar-refractivity contribution is 5.77. The second kappa shape index (κ2) is 4.58. The minimum Gasteiger partial charge on any atom is -0.390 e. The van der Waals surface area contributed by atoms with Crippen molar-refractivity contribution >= 4 is 5.78 Å². The Morgan fingerprint density at radius 3 is 2.42 bits per heavy atom. The summed E-state index contributed by atoms with van der Waals surface area (Å²) in [5, 5.41) is 12.5. The van der Waals surface area contributed by atoms with Crippen LogP contribution < -0.4 is 5.32 Å². The number of carbonyl (C=O) groups is 1. The third kappa shape index (κ3) is 5.27. The van der Waals surface area contributed by atoms with Crippen LogP contribution in [0.2, 0.25) is 0 Å². The zero-order valence-electron chi connectivity index (χ0n) is 8.35. The molecular weight excluding hydrogens is 154 g/mol. The van der Waals surface area contributed by atoms with Crippen molar-refractivity contribution in [3.05, 3.63) is 0 Å². The maximum absolute atomic E-state index is 10.5. The molecule has 0 aromatic rings. The summed E-state index contributed by atoms with van der Waals surface area (Å²) < 4.78 is 0. The first-order valence-electron chi connectivity index (χ1n) is 4.26. The smallest absolute Gasteiger partial charge is 0.143 e. The maximum atomic E-state index is 10.5. The van der Waals surface area contributed by atoms with E-state index >= 15 is 0 Å². The van der Waals surface area contributed by atoms with Gasteiger partial charge in [-0.3, -0.25) is 4.79 Å². The topological polar surface area (TPSA) is 49.3 Å². The molecule has 0 saturated heterocycles. The molecule has 0 spiro atoms. The third-order valence-electron chi connectivity index (χ3n) is 2.03. The van der Waals surface area contributed by atoms with Crippen LogP contribution in [0.15, 0.2) is 0 Å². The SMILES string of the molecule is CC(=O)CNCC(C)C(C)(C)O. The van der Waals surface area contributed by atoms with Crippen LogP contribution in [0.25, 0.3) is 0 Å². The van der Waals surface area contributed by atoms with E-state index < -0.39 is 5.60 Å². The molecule has 0 aliphatic rings. The van der Waals surface area contributed by atoms with E-state index in [1.54, 1.807) is 20.8 Å². The standard InChI is InChI=1S/C9H19NO2/c1-7(9(3,4)12)5-10-6-8(2)11/h7,10,12H,5-6H2,1-4H3. The summed E-state index contributed by atoms with van der Waals surface area (Å²) in [6.45, 7) is 8.10. The fourth-order valence-electron chi connectivity index (χ4n) is 0.714. The van der Waals surface area contributed by atoms with E-state index in [1.807, 2.05) is 6.92 Å². The number of Topliss-reactive ketones (excluding diaryl/α,β-unsaturated/α-hetero) is 1. The van der Waals surface area contributed by atoms with Crippen LogP contribution in [-0.4, -0.2) is 29.6 Å². The summed E-state index contributed by atoms with van der Waals surface area (Å²) in [7, 11) is 0. The lowest BCUT2D eigenvalue weighted by Gasteiger charge is -2.25. The zero-order chi connectivity index (χ0) is 9.78. The number of hydrogen-bond donors (Lipinski definition) is 2. The van der Waals surface area contributed by atoms with Crippen molar-refractivity contribution in [1.82, 2.24) is 5.32 Å². The number of rotatable bonds is 5. The predicted molar refractivity (Wildman–Crippen MR) is 49.0 cm³/mol. The molecule has 0 rings (SSSR count). The van der Waals surface area contributed by atoms with Crippen LogP contribution >= 0.6 is 0 Å². The molecular formula is C9H19NO2. The van der Waals surface area contributed by atoms with Gasteiger partial charge in [-0.1, -0.05) is 6.92 Å². The van der Waals surface area contributed by atoms with Gasteiger partial charge in [0.05, 0.1) is 12.1 Å². The Morgan fingerprint density at radius 1 is 1.58 bits per heavy atom. The molecule has 0 amide bonds. The molecule has 0 aromatic heterocycles. The highest BCUT2D eigenvalue weighted by Gasteiger charge is 2.21. The maximum Gasteiger partial charge on any atom is 0.143 e. The lowest BCUT2D eigenvalue weighted by molar-refractivity contribution is -0.116. The van der Waals surface area contributed by atoms with Gasteiger partial charge >= 0.3 is 0 Å². The van der Waals surface area contributed by atoms with Crippen LogP contribution in [0, 0.1) is 5.92 Å². The molecule has 0 radical (unpaired) electrons. The molecule has 0 heterocycles. The Hall–Kier alpha value is -0.410. The van der Waals surface area contributed by atoms with Crippen molar-refractivity contribution in [1.29, 1.82) is 0 Å². The molecule has 0 aliphatic carbocycles. The fourth-order valence-corrected chi connectivity index (χ4v) is 0.714. The summed E-state index contributed by atoms with van der Waals surface area (Å²) >= 11 is 0. The van der Waals surface area contributed by atoms with Gasteiger partial charge in [0.2, 0.25) is 0 Å². The summed E-state index contributed by atoms with van der Waals surface area (Å²) in [4.78, 5) is 10.5. The summed E-state index contributed by atoms with van der Waals surface area (Å²) in [6.07, 6.45) is 0. The van der Waals surface area contributed by atoms with E-state index in [-0.39, 0.29) is 11.7 Å². The molecule has 1 atom stereocenters. The Balaban J connectivity index is 3.58. The molecule has 1 unspecified atom stereocenters. The monoisotopic (exact) mass is 173 g/mol. The van der Waals surface area contributed by atoms with Gasteiger partial charge in [0.25, 0.3) is 0 Å². The van der Waals surface area contributed by atoms with Crippen LogP contribution in [0.1, 0.15) is 27.7 Å². The van der Waals surface area contributed by atoms with Crippen molar-refractivity contribution in [2.75, 3.05) is 13.1 Å². The molecule has 72 valence electrons. The lowest BCUT2D eigenvalue weighted by Crippen LogP contribution is -2.37. The number of ketones is 1. The van der Waals surface area contributed by atoms with Crippen LogP contribution in [0.5, 0.6) is 0 Å². The summed E-state index contributed by atoms with van der Waals surface area (Å²) in [6, 6.07) is 0. The number of carbonyl (C=O) groups excluding carboxylic acids is 1. The van der Waals surface area contributed by atoms with Crippen molar-refractivity contribution in [3.63, 3.8) is 0 Å². The van der Waals surface area contributed by atoms with E-state index in [1.165, 1.54) is 0 Å². The fraction of sp³-hybridized carbons (Fsp3) is 0.889. The Bertz CT molecular complexity index is 149. The van der Waals surface area contributed by atoms with Crippen LogP contribution in [-0.2, 0) is 4.79 Å². The normalized spacial score (nSPS) is 14.4. The van der Waals surface area contributed by atoms with Gasteiger partial charge in [0.15, 0.2) is 0 Å². The summed E-state index contributed by atoms with van der Waals surface area (Å²) in [5.41, 5.74) is -0.677. The first-order valence-corrected chi connectivity index (χ1v) is 4.26. The summed E-state index contributed by atoms with van der Waals surface area (Å²) in [5.74, 6) is 0.273. The first-order chi connectivity index (χ1) is 5.34. The van der Waals surface area contributed by atoms with Gasteiger partial charge in [-0.05, 0) is 26.7 Å². The molecule has 0 bridgehead atoms. The average Bonchev–Trinajstić information content (AvgIpc) is 1.84. The van der Waals surface area contributed by atoms with Crippen LogP contribution in [0.4, 0.5) is 0 Å². The van der Waals surface area contributed by atoms with Crippen molar-refractivity contribution in [2.45, 2.75) is 33.3 Å². The van der Waals surface area contributed by atoms with Gasteiger partial charge in [0, 0.05) is 6.54 Å². The molecule has 0 saturated carbocycles. The quantitative estimate of drug-likeness (QED) is 0.639. The Labute approximate surface area is 74.2 Å². The van der Waals surface area contributed by atoms with Crippen LogP contribution in [0.3, 0.4) is 0 Å². The predicted octanol–water partition coefficient (Wildman–Crippen LogP) is 0.572. The second-order valence-electron chi connectivity index (χ2n) is 3.89. The molecule has 0 fully saturated rings. The molecule has 0 aliphatic heterocycles. The van der Waals surface area contributed by atoms with E-state index in [4.69, 9.17) is 0 Å².